The molecule has 2 atom stereocenters. The van der Waals surface area contributed by atoms with Gasteiger partial charge in [-0.3, -0.25) is 14.1 Å². The van der Waals surface area contributed by atoms with E-state index >= 15 is 0 Å². The Kier molecular flexibility index (Phi) is 3.80. The Hall–Kier alpha value is -2.26. The Morgan fingerprint density at radius 3 is 2.32 bits per heavy atom. The van der Waals surface area contributed by atoms with E-state index in [0.29, 0.717) is 5.69 Å². The Morgan fingerprint density at radius 2 is 1.86 bits per heavy atom. The number of carbonyl (C=O) groups is 2. The van der Waals surface area contributed by atoms with Gasteiger partial charge < -0.3 is 5.11 Å². The van der Waals surface area contributed by atoms with Crippen molar-refractivity contribution in [1.29, 1.82) is 0 Å². The van der Waals surface area contributed by atoms with Crippen molar-refractivity contribution in [2.45, 2.75) is 18.6 Å². The van der Waals surface area contributed by atoms with Crippen LogP contribution in [0, 0.1) is 5.92 Å². The highest BCUT2D eigenvalue weighted by Crippen LogP contribution is 2.35. The molecule has 2 N–H and O–H groups in total. The largest absolute Gasteiger partial charge is 0.480 e. The third-order valence-corrected chi connectivity index (χ3v) is 5.13. The molecule has 118 valence electrons. The summed E-state index contributed by atoms with van der Waals surface area (Å²) < 4.78 is 29.7. The number of amides is 1. The molecule has 0 bridgehead atoms. The zero-order valence-corrected chi connectivity index (χ0v) is 12.6. The number of carboxylic acids is 1. The Bertz CT molecular complexity index is 758. The minimum absolute atomic E-state index is 0.00335. The second-order valence-electron chi connectivity index (χ2n) is 5.05. The number of carboxylic acid groups (broad SMARTS) is 1. The monoisotopic (exact) mass is 326 g/mol. The maximum absolute atomic E-state index is 12.5. The molecule has 1 aliphatic heterocycles. The van der Waals surface area contributed by atoms with Crippen molar-refractivity contribution in [1.82, 2.24) is 0 Å². The minimum atomic E-state index is -5.05. The van der Waals surface area contributed by atoms with E-state index in [-0.39, 0.29) is 5.71 Å². The van der Waals surface area contributed by atoms with Gasteiger partial charge in [0, 0.05) is 0 Å². The van der Waals surface area contributed by atoms with Crippen molar-refractivity contribution in [3.05, 3.63) is 30.3 Å². The van der Waals surface area contributed by atoms with Crippen LogP contribution < -0.4 is 5.01 Å². The fraction of sp³-hybridized carbons (Fsp3) is 0.308. The van der Waals surface area contributed by atoms with Gasteiger partial charge in [-0.1, -0.05) is 18.2 Å². The van der Waals surface area contributed by atoms with E-state index in [1.165, 1.54) is 6.92 Å². The maximum atomic E-state index is 12.5. The van der Waals surface area contributed by atoms with E-state index in [1.807, 2.05) is 0 Å². The highest BCUT2D eigenvalue weighted by atomic mass is 32.2. The third kappa shape index (κ3) is 2.28. The van der Waals surface area contributed by atoms with Crippen LogP contribution in [0.2, 0.25) is 0 Å². The van der Waals surface area contributed by atoms with Crippen molar-refractivity contribution in [2.75, 3.05) is 5.01 Å². The summed E-state index contributed by atoms with van der Waals surface area (Å²) in [4.78, 5) is 23.9. The first-order valence-corrected chi connectivity index (χ1v) is 7.69. The van der Waals surface area contributed by atoms with Crippen LogP contribution in [-0.2, 0) is 19.7 Å². The van der Waals surface area contributed by atoms with Gasteiger partial charge >= 0.3 is 5.97 Å². The highest BCUT2D eigenvalue weighted by Gasteiger charge is 2.59. The average Bonchev–Trinajstić information content (AvgIpc) is 2.73. The zero-order chi connectivity index (χ0) is 16.7. The van der Waals surface area contributed by atoms with Crippen molar-refractivity contribution in [3.8, 4) is 0 Å². The van der Waals surface area contributed by atoms with Crippen LogP contribution >= 0.6 is 0 Å². The van der Waals surface area contributed by atoms with Gasteiger partial charge in [0.25, 0.3) is 16.0 Å². The summed E-state index contributed by atoms with van der Waals surface area (Å²) in [6, 6.07) is 8.17. The van der Waals surface area contributed by atoms with E-state index in [1.54, 1.807) is 30.3 Å². The van der Waals surface area contributed by atoms with Gasteiger partial charge in [0.1, 0.15) is 5.92 Å². The quantitative estimate of drug-likeness (QED) is 0.787. The molecular weight excluding hydrogens is 312 g/mol. The lowest BCUT2D eigenvalue weighted by atomic mass is 9.89. The first-order chi connectivity index (χ1) is 10.1. The van der Waals surface area contributed by atoms with Crippen molar-refractivity contribution >= 4 is 33.4 Å². The van der Waals surface area contributed by atoms with Crippen molar-refractivity contribution in [2.24, 2.45) is 11.0 Å². The number of rotatable bonds is 4. The molecule has 0 saturated carbocycles. The predicted octanol–water partition coefficient (Wildman–Crippen LogP) is 0.756. The number of nitrogens with zero attached hydrogens (tertiary/aromatic N) is 2. The molecule has 0 aliphatic carbocycles. The van der Waals surface area contributed by atoms with Gasteiger partial charge in [0.15, 0.2) is 0 Å². The molecule has 22 heavy (non-hydrogen) atoms. The van der Waals surface area contributed by atoms with E-state index in [0.717, 1.165) is 11.9 Å². The van der Waals surface area contributed by atoms with Gasteiger partial charge in [-0.05, 0) is 26.0 Å². The fourth-order valence-electron chi connectivity index (χ4n) is 2.34. The predicted molar refractivity (Wildman–Crippen MR) is 78.1 cm³/mol. The summed E-state index contributed by atoms with van der Waals surface area (Å²) in [5.74, 6) is -4.26. The summed E-state index contributed by atoms with van der Waals surface area (Å²) in [7, 11) is -5.05. The summed E-state index contributed by atoms with van der Waals surface area (Å²) in [5, 5.41) is 14.1. The molecule has 1 aromatic rings. The van der Waals surface area contributed by atoms with E-state index in [4.69, 9.17) is 0 Å². The molecule has 1 amide bonds. The molecule has 0 radical (unpaired) electrons. The SMILES string of the molecule is CC1=NN(c2ccccc2)C(=O)C1C(C)(C(=O)O)S(=O)(=O)O. The van der Waals surface area contributed by atoms with Gasteiger partial charge in [-0.15, -0.1) is 0 Å². The van der Waals surface area contributed by atoms with Gasteiger partial charge in [0.2, 0.25) is 4.75 Å². The van der Waals surface area contributed by atoms with Crippen molar-refractivity contribution in [3.63, 3.8) is 0 Å². The molecule has 0 aromatic heterocycles. The Balaban J connectivity index is 2.53. The summed E-state index contributed by atoms with van der Waals surface area (Å²) in [5.41, 5.74) is 0.369. The lowest BCUT2D eigenvalue weighted by Gasteiger charge is -2.27. The number of aliphatic carboxylic acids is 1. The molecule has 0 saturated heterocycles. The zero-order valence-electron chi connectivity index (χ0n) is 11.8. The number of hydrogen-bond acceptors (Lipinski definition) is 5. The summed E-state index contributed by atoms with van der Waals surface area (Å²) >= 11 is 0. The van der Waals surface area contributed by atoms with Crippen LogP contribution in [0.4, 0.5) is 5.69 Å². The molecule has 2 rings (SSSR count). The minimum Gasteiger partial charge on any atom is -0.480 e. The van der Waals surface area contributed by atoms with E-state index in [2.05, 4.69) is 5.10 Å². The van der Waals surface area contributed by atoms with Gasteiger partial charge in [-0.25, -0.2) is 5.01 Å². The molecule has 0 fully saturated rings. The first-order valence-electron chi connectivity index (χ1n) is 6.25. The molecule has 2 unspecified atom stereocenters. The molecule has 0 spiro atoms. The first kappa shape index (κ1) is 16.1. The number of benzene rings is 1. The van der Waals surface area contributed by atoms with Crippen LogP contribution in [0.3, 0.4) is 0 Å². The number of carbonyl (C=O) groups excluding carboxylic acids is 1. The number of anilines is 1. The van der Waals surface area contributed by atoms with E-state index in [9.17, 15) is 27.7 Å². The molecule has 8 nitrogen and oxygen atoms in total. The number of hydrazone groups is 1. The lowest BCUT2D eigenvalue weighted by molar-refractivity contribution is -0.142. The fourth-order valence-corrected chi connectivity index (χ4v) is 3.13. The molecule has 9 heteroatoms. The van der Waals surface area contributed by atoms with Crippen LogP contribution in [-0.4, -0.2) is 40.4 Å². The van der Waals surface area contributed by atoms with Gasteiger partial charge in [-0.2, -0.15) is 13.5 Å². The summed E-state index contributed by atoms with van der Waals surface area (Å²) in [6.07, 6.45) is 0. The number of para-hydroxylation sites is 1. The second-order valence-corrected chi connectivity index (χ2v) is 6.85. The second kappa shape index (κ2) is 5.18. The van der Waals surface area contributed by atoms with Crippen LogP contribution in [0.15, 0.2) is 35.4 Å². The molecule has 1 heterocycles. The molecule has 1 aliphatic rings. The smallest absolute Gasteiger partial charge is 0.328 e. The summed E-state index contributed by atoms with van der Waals surface area (Å²) in [6.45, 7) is 2.14. The van der Waals surface area contributed by atoms with E-state index < -0.39 is 32.7 Å². The average molecular weight is 326 g/mol. The highest BCUT2D eigenvalue weighted by molar-refractivity contribution is 7.88. The standard InChI is InChI=1S/C13H14N2O6S/c1-8-10(13(2,12(17)18)22(19,20)21)11(16)15(14-8)9-6-4-3-5-7-9/h3-7,10H,1-2H3,(H,17,18)(H,19,20,21). The van der Waals surface area contributed by atoms with Crippen LogP contribution in [0.1, 0.15) is 13.8 Å². The lowest BCUT2D eigenvalue weighted by Crippen LogP contribution is -2.55. The Labute approximate surface area is 126 Å². The van der Waals surface area contributed by atoms with Gasteiger partial charge in [0.05, 0.1) is 11.4 Å². The Morgan fingerprint density at radius 1 is 1.32 bits per heavy atom. The maximum Gasteiger partial charge on any atom is 0.328 e. The third-order valence-electron chi connectivity index (χ3n) is 3.64. The number of hydrogen-bond donors (Lipinski definition) is 2. The van der Waals surface area contributed by atoms with Crippen LogP contribution in [0.25, 0.3) is 0 Å². The molecular formula is C13H14N2O6S. The molecule has 1 aromatic carbocycles. The topological polar surface area (TPSA) is 124 Å². The van der Waals surface area contributed by atoms with Crippen molar-refractivity contribution < 1.29 is 27.7 Å². The van der Waals surface area contributed by atoms with Crippen LogP contribution in [0.5, 0.6) is 0 Å². The normalized spacial score (nSPS) is 21.4.